The van der Waals surface area contributed by atoms with Crippen LogP contribution in [0.4, 0.5) is 5.69 Å². The molecular formula is C15H21NO5. The van der Waals surface area contributed by atoms with Gasteiger partial charge in [0.2, 0.25) is 6.41 Å². The highest BCUT2D eigenvalue weighted by atomic mass is 16.5. The van der Waals surface area contributed by atoms with Crippen molar-refractivity contribution in [2.45, 2.75) is 26.3 Å². The quantitative estimate of drug-likeness (QED) is 0.744. The van der Waals surface area contributed by atoms with Gasteiger partial charge in [0.05, 0.1) is 19.9 Å². The Bertz CT molecular complexity index is 503. The van der Waals surface area contributed by atoms with Crippen molar-refractivity contribution in [3.05, 3.63) is 18.2 Å². The first-order chi connectivity index (χ1) is 9.99. The Hall–Kier alpha value is -2.24. The molecule has 0 bridgehead atoms. The summed E-state index contributed by atoms with van der Waals surface area (Å²) in [7, 11) is 2.98. The molecule has 21 heavy (non-hydrogen) atoms. The molecule has 2 unspecified atom stereocenters. The van der Waals surface area contributed by atoms with Crippen LogP contribution < -0.4 is 14.4 Å². The second-order valence-electron chi connectivity index (χ2n) is 4.72. The van der Waals surface area contributed by atoms with Crippen LogP contribution in [0.2, 0.25) is 0 Å². The lowest BCUT2D eigenvalue weighted by atomic mass is 9.97. The summed E-state index contributed by atoms with van der Waals surface area (Å²) in [6, 6.07) is 3.94. The molecule has 1 aromatic rings. The van der Waals surface area contributed by atoms with Gasteiger partial charge in [0.15, 0.2) is 0 Å². The SMILES string of the molecule is CCC(C)C(C(=O)O)N(C=O)c1ccc(OC)cc1OC. The number of carboxylic acids is 1. The van der Waals surface area contributed by atoms with Crippen molar-refractivity contribution >= 4 is 18.1 Å². The Morgan fingerprint density at radius 2 is 2.05 bits per heavy atom. The van der Waals surface area contributed by atoms with E-state index >= 15 is 0 Å². The Kier molecular flexibility index (Phi) is 6.02. The van der Waals surface area contributed by atoms with Gasteiger partial charge in [-0.2, -0.15) is 0 Å². The zero-order valence-electron chi connectivity index (χ0n) is 12.7. The summed E-state index contributed by atoms with van der Waals surface area (Å²) in [4.78, 5) is 24.2. The van der Waals surface area contributed by atoms with Crippen LogP contribution in [0.25, 0.3) is 0 Å². The fourth-order valence-electron chi connectivity index (χ4n) is 2.13. The van der Waals surface area contributed by atoms with Gasteiger partial charge in [-0.25, -0.2) is 4.79 Å². The van der Waals surface area contributed by atoms with Crippen LogP contribution in [0.5, 0.6) is 11.5 Å². The first kappa shape index (κ1) is 16.8. The van der Waals surface area contributed by atoms with E-state index in [9.17, 15) is 14.7 Å². The first-order valence-electron chi connectivity index (χ1n) is 6.68. The Balaban J connectivity index is 3.31. The van der Waals surface area contributed by atoms with Gasteiger partial charge in [-0.3, -0.25) is 9.69 Å². The number of rotatable bonds is 8. The minimum atomic E-state index is -1.05. The summed E-state index contributed by atoms with van der Waals surface area (Å²) in [5.41, 5.74) is 0.404. The molecule has 1 N–H and O–H groups in total. The lowest BCUT2D eigenvalue weighted by Gasteiger charge is -2.30. The van der Waals surface area contributed by atoms with E-state index in [0.717, 1.165) is 0 Å². The van der Waals surface area contributed by atoms with Crippen LogP contribution in [0.15, 0.2) is 18.2 Å². The average Bonchev–Trinajstić information content (AvgIpc) is 2.50. The number of aliphatic carboxylic acids is 1. The molecule has 6 heteroatoms. The Labute approximate surface area is 124 Å². The maximum atomic E-state index is 11.5. The number of benzene rings is 1. The van der Waals surface area contributed by atoms with Crippen molar-refractivity contribution in [3.8, 4) is 11.5 Å². The topological polar surface area (TPSA) is 76.1 Å². The van der Waals surface area contributed by atoms with Crippen LogP contribution in [0, 0.1) is 5.92 Å². The van der Waals surface area contributed by atoms with E-state index in [2.05, 4.69) is 0 Å². The molecule has 0 aliphatic carbocycles. The molecule has 0 spiro atoms. The lowest BCUT2D eigenvalue weighted by molar-refractivity contribution is -0.140. The third kappa shape index (κ3) is 3.65. The van der Waals surface area contributed by atoms with E-state index in [1.54, 1.807) is 25.1 Å². The van der Waals surface area contributed by atoms with E-state index in [0.29, 0.717) is 30.0 Å². The predicted octanol–water partition coefficient (Wildman–Crippen LogP) is 2.17. The highest BCUT2D eigenvalue weighted by Crippen LogP contribution is 2.34. The zero-order valence-corrected chi connectivity index (χ0v) is 12.7. The molecule has 0 aromatic heterocycles. The molecule has 1 amide bonds. The van der Waals surface area contributed by atoms with E-state index in [1.165, 1.54) is 19.1 Å². The monoisotopic (exact) mass is 295 g/mol. The number of carbonyl (C=O) groups excluding carboxylic acids is 1. The maximum absolute atomic E-state index is 11.5. The molecule has 0 saturated carbocycles. The summed E-state index contributed by atoms with van der Waals surface area (Å²) >= 11 is 0. The van der Waals surface area contributed by atoms with Crippen molar-refractivity contribution in [2.24, 2.45) is 5.92 Å². The standard InChI is InChI=1S/C15H21NO5/c1-5-10(2)14(15(18)19)16(9-17)12-7-6-11(20-3)8-13(12)21-4/h6-10,14H,5H2,1-4H3,(H,18,19). The first-order valence-corrected chi connectivity index (χ1v) is 6.68. The highest BCUT2D eigenvalue weighted by Gasteiger charge is 2.32. The molecule has 1 rings (SSSR count). The van der Waals surface area contributed by atoms with E-state index in [4.69, 9.17) is 9.47 Å². The summed E-state index contributed by atoms with van der Waals surface area (Å²) in [5.74, 6) is -0.290. The fourth-order valence-corrected chi connectivity index (χ4v) is 2.13. The number of ether oxygens (including phenoxy) is 2. The van der Waals surface area contributed by atoms with Crippen molar-refractivity contribution in [2.75, 3.05) is 19.1 Å². The van der Waals surface area contributed by atoms with Crippen LogP contribution in [0.3, 0.4) is 0 Å². The van der Waals surface area contributed by atoms with Crippen molar-refractivity contribution in [1.82, 2.24) is 0 Å². The predicted molar refractivity (Wildman–Crippen MR) is 79.0 cm³/mol. The van der Waals surface area contributed by atoms with E-state index < -0.39 is 12.0 Å². The minimum Gasteiger partial charge on any atom is -0.497 e. The molecule has 6 nitrogen and oxygen atoms in total. The molecule has 0 saturated heterocycles. The highest BCUT2D eigenvalue weighted by molar-refractivity contribution is 5.90. The van der Waals surface area contributed by atoms with E-state index in [1.807, 2.05) is 6.92 Å². The van der Waals surface area contributed by atoms with Gasteiger partial charge in [0.1, 0.15) is 17.5 Å². The molecule has 1 aromatic carbocycles. The van der Waals surface area contributed by atoms with Crippen molar-refractivity contribution in [3.63, 3.8) is 0 Å². The summed E-state index contributed by atoms with van der Waals surface area (Å²) in [6.45, 7) is 3.68. The molecule has 0 aliphatic rings. The van der Waals surface area contributed by atoms with Gasteiger partial charge in [-0.1, -0.05) is 20.3 Å². The van der Waals surface area contributed by atoms with Crippen LogP contribution in [0.1, 0.15) is 20.3 Å². The molecule has 0 aliphatic heterocycles. The second kappa shape index (κ2) is 7.52. The smallest absolute Gasteiger partial charge is 0.327 e. The summed E-state index contributed by atoms with van der Waals surface area (Å²) in [5, 5.41) is 9.44. The maximum Gasteiger partial charge on any atom is 0.327 e. The number of carboxylic acid groups (broad SMARTS) is 1. The molecule has 0 radical (unpaired) electrons. The largest absolute Gasteiger partial charge is 0.497 e. The third-order valence-corrected chi connectivity index (χ3v) is 3.51. The van der Waals surface area contributed by atoms with Crippen molar-refractivity contribution in [1.29, 1.82) is 0 Å². The van der Waals surface area contributed by atoms with Crippen LogP contribution in [-0.4, -0.2) is 37.7 Å². The third-order valence-electron chi connectivity index (χ3n) is 3.51. The van der Waals surface area contributed by atoms with E-state index in [-0.39, 0.29) is 5.92 Å². The number of carbonyl (C=O) groups is 2. The average molecular weight is 295 g/mol. The molecule has 0 heterocycles. The number of hydrogen-bond donors (Lipinski definition) is 1. The van der Waals surface area contributed by atoms with Gasteiger partial charge < -0.3 is 14.6 Å². The Morgan fingerprint density at radius 1 is 1.38 bits per heavy atom. The number of nitrogens with zero attached hydrogens (tertiary/aromatic N) is 1. The van der Waals surface area contributed by atoms with Gasteiger partial charge in [0, 0.05) is 6.07 Å². The number of methoxy groups -OCH3 is 2. The molecule has 2 atom stereocenters. The van der Waals surface area contributed by atoms with Crippen LogP contribution >= 0.6 is 0 Å². The second-order valence-corrected chi connectivity index (χ2v) is 4.72. The lowest BCUT2D eigenvalue weighted by Crippen LogP contribution is -2.45. The van der Waals surface area contributed by atoms with Gasteiger partial charge in [-0.15, -0.1) is 0 Å². The van der Waals surface area contributed by atoms with Crippen molar-refractivity contribution < 1.29 is 24.2 Å². The Morgan fingerprint density at radius 3 is 2.48 bits per heavy atom. The minimum absolute atomic E-state index is 0.195. The normalized spacial score (nSPS) is 13.1. The van der Waals surface area contributed by atoms with Gasteiger partial charge >= 0.3 is 5.97 Å². The zero-order chi connectivity index (χ0) is 16.0. The number of anilines is 1. The van der Waals surface area contributed by atoms with Crippen LogP contribution in [-0.2, 0) is 9.59 Å². The fraction of sp³-hybridized carbons (Fsp3) is 0.467. The van der Waals surface area contributed by atoms with Gasteiger partial charge in [-0.05, 0) is 18.1 Å². The molecular weight excluding hydrogens is 274 g/mol. The number of amides is 1. The molecule has 0 fully saturated rings. The molecule has 116 valence electrons. The summed E-state index contributed by atoms with van der Waals surface area (Å²) in [6.07, 6.45) is 1.16. The summed E-state index contributed by atoms with van der Waals surface area (Å²) < 4.78 is 10.3. The van der Waals surface area contributed by atoms with Gasteiger partial charge in [0.25, 0.3) is 0 Å². The number of hydrogen-bond acceptors (Lipinski definition) is 4.